The summed E-state index contributed by atoms with van der Waals surface area (Å²) in [5.74, 6) is 9.13. The second kappa shape index (κ2) is 11.3. The van der Waals surface area contributed by atoms with Crippen LogP contribution in [0.1, 0.15) is 30.5 Å². The third kappa shape index (κ3) is 7.28. The van der Waals surface area contributed by atoms with Crippen LogP contribution in [0.5, 0.6) is 11.5 Å². The van der Waals surface area contributed by atoms with Crippen LogP contribution in [0.4, 0.5) is 0 Å². The third-order valence-corrected chi connectivity index (χ3v) is 5.83. The third-order valence-electron chi connectivity index (χ3n) is 4.76. The van der Waals surface area contributed by atoms with E-state index in [1.807, 2.05) is 25.1 Å². The molecular weight excluding hydrogens is 394 g/mol. The molecule has 2 aromatic carbocycles. The van der Waals surface area contributed by atoms with Gasteiger partial charge in [0, 0.05) is 29.3 Å². The molecule has 1 saturated heterocycles. The Morgan fingerprint density at radius 1 is 1.17 bits per heavy atom. The molecule has 0 saturated carbocycles. The summed E-state index contributed by atoms with van der Waals surface area (Å²) in [6.07, 6.45) is 0. The molecule has 2 aromatic rings. The molecule has 30 heavy (non-hydrogen) atoms. The lowest BCUT2D eigenvalue weighted by atomic mass is 10.1. The van der Waals surface area contributed by atoms with Gasteiger partial charge < -0.3 is 14.6 Å². The standard InChI is InChI=1S/C25H31NO3S/c1-19(2)17-29-23-15-21(5-4-8-26-9-11-28-12-10-26)14-22(16-23)18-30-24-6-7-25(27)20(3)13-24/h6-7,13-16,19,27H,8-12,17-18H2,1-3H3. The van der Waals surface area contributed by atoms with Gasteiger partial charge in [-0.15, -0.1) is 11.8 Å². The summed E-state index contributed by atoms with van der Waals surface area (Å²) in [6, 6.07) is 12.0. The Bertz CT molecular complexity index is 895. The molecule has 0 bridgehead atoms. The fourth-order valence-electron chi connectivity index (χ4n) is 3.06. The van der Waals surface area contributed by atoms with E-state index in [0.29, 0.717) is 18.3 Å². The maximum Gasteiger partial charge on any atom is 0.120 e. The molecule has 0 amide bonds. The molecule has 0 unspecified atom stereocenters. The van der Waals surface area contributed by atoms with Crippen LogP contribution in [0.3, 0.4) is 0 Å². The predicted octanol–water partition coefficient (Wildman–Crippen LogP) is 4.71. The smallest absolute Gasteiger partial charge is 0.120 e. The van der Waals surface area contributed by atoms with Gasteiger partial charge in [0.15, 0.2) is 0 Å². The fourth-order valence-corrected chi connectivity index (χ4v) is 3.98. The number of rotatable bonds is 7. The van der Waals surface area contributed by atoms with E-state index in [4.69, 9.17) is 9.47 Å². The number of hydrogen-bond acceptors (Lipinski definition) is 5. The number of morpholine rings is 1. The molecule has 5 heteroatoms. The van der Waals surface area contributed by atoms with Gasteiger partial charge in [-0.1, -0.05) is 25.7 Å². The first-order valence-corrected chi connectivity index (χ1v) is 11.5. The maximum absolute atomic E-state index is 9.73. The summed E-state index contributed by atoms with van der Waals surface area (Å²) in [6.45, 7) is 11.1. The molecule has 0 spiro atoms. The van der Waals surface area contributed by atoms with Crippen LogP contribution in [0.15, 0.2) is 41.3 Å². The molecular formula is C25H31NO3S. The summed E-state index contributed by atoms with van der Waals surface area (Å²) in [7, 11) is 0. The van der Waals surface area contributed by atoms with Gasteiger partial charge in [-0.3, -0.25) is 4.90 Å². The van der Waals surface area contributed by atoms with Gasteiger partial charge in [0.05, 0.1) is 26.4 Å². The van der Waals surface area contributed by atoms with E-state index in [1.54, 1.807) is 17.8 Å². The van der Waals surface area contributed by atoms with Crippen LogP contribution in [0.25, 0.3) is 0 Å². The van der Waals surface area contributed by atoms with Crippen molar-refractivity contribution in [1.29, 1.82) is 0 Å². The second-order valence-corrected chi connectivity index (χ2v) is 9.05. The molecule has 0 radical (unpaired) electrons. The molecule has 0 aromatic heterocycles. The van der Waals surface area contributed by atoms with Crippen molar-refractivity contribution in [2.24, 2.45) is 5.92 Å². The largest absolute Gasteiger partial charge is 0.508 e. The minimum Gasteiger partial charge on any atom is -0.508 e. The monoisotopic (exact) mass is 425 g/mol. The average molecular weight is 426 g/mol. The van der Waals surface area contributed by atoms with Crippen LogP contribution >= 0.6 is 11.8 Å². The number of ether oxygens (including phenoxy) is 2. The number of benzene rings is 2. The van der Waals surface area contributed by atoms with Crippen molar-refractivity contribution in [2.75, 3.05) is 39.5 Å². The van der Waals surface area contributed by atoms with Gasteiger partial charge in [0.1, 0.15) is 11.5 Å². The van der Waals surface area contributed by atoms with Gasteiger partial charge in [-0.25, -0.2) is 0 Å². The lowest BCUT2D eigenvalue weighted by Crippen LogP contribution is -2.36. The highest BCUT2D eigenvalue weighted by atomic mass is 32.2. The van der Waals surface area contributed by atoms with Crippen molar-refractivity contribution in [3.63, 3.8) is 0 Å². The van der Waals surface area contributed by atoms with Gasteiger partial charge in [-0.2, -0.15) is 0 Å². The van der Waals surface area contributed by atoms with Crippen LogP contribution in [0, 0.1) is 24.7 Å². The number of phenols is 1. The summed E-state index contributed by atoms with van der Waals surface area (Å²) in [5.41, 5.74) is 3.06. The van der Waals surface area contributed by atoms with Crippen molar-refractivity contribution < 1.29 is 14.6 Å². The average Bonchev–Trinajstić information content (AvgIpc) is 2.74. The number of nitrogens with zero attached hydrogens (tertiary/aromatic N) is 1. The summed E-state index contributed by atoms with van der Waals surface area (Å²) in [5, 5.41) is 9.73. The molecule has 1 aliphatic heterocycles. The maximum atomic E-state index is 9.73. The lowest BCUT2D eigenvalue weighted by molar-refractivity contribution is 0.0443. The van der Waals surface area contributed by atoms with Crippen LogP contribution in [-0.4, -0.2) is 49.5 Å². The van der Waals surface area contributed by atoms with Crippen LogP contribution < -0.4 is 4.74 Å². The Hall–Kier alpha value is -2.13. The molecule has 4 nitrogen and oxygen atoms in total. The van der Waals surface area contributed by atoms with Gasteiger partial charge in [0.25, 0.3) is 0 Å². The highest BCUT2D eigenvalue weighted by molar-refractivity contribution is 7.98. The quantitative estimate of drug-likeness (QED) is 0.514. The molecule has 0 atom stereocenters. The fraction of sp³-hybridized carbons (Fsp3) is 0.440. The Morgan fingerprint density at radius 3 is 2.70 bits per heavy atom. The molecule has 160 valence electrons. The van der Waals surface area contributed by atoms with E-state index < -0.39 is 0 Å². The van der Waals surface area contributed by atoms with Crippen molar-refractivity contribution in [1.82, 2.24) is 4.90 Å². The minimum absolute atomic E-state index is 0.335. The Labute approximate surface area is 184 Å². The van der Waals surface area contributed by atoms with Crippen LogP contribution in [0.2, 0.25) is 0 Å². The topological polar surface area (TPSA) is 41.9 Å². The first-order valence-electron chi connectivity index (χ1n) is 10.5. The van der Waals surface area contributed by atoms with Gasteiger partial charge >= 0.3 is 0 Å². The highest BCUT2D eigenvalue weighted by Gasteiger charge is 2.08. The van der Waals surface area contributed by atoms with E-state index in [1.165, 1.54) is 5.56 Å². The van der Waals surface area contributed by atoms with Crippen molar-refractivity contribution >= 4 is 11.8 Å². The minimum atomic E-state index is 0.335. The summed E-state index contributed by atoms with van der Waals surface area (Å²) >= 11 is 1.75. The molecule has 1 N–H and O–H groups in total. The summed E-state index contributed by atoms with van der Waals surface area (Å²) in [4.78, 5) is 3.46. The SMILES string of the molecule is Cc1cc(SCc2cc(C#CCN3CCOCC3)cc(OCC(C)C)c2)ccc1O. The van der Waals surface area contributed by atoms with Gasteiger partial charge in [-0.05, 0) is 60.4 Å². The summed E-state index contributed by atoms with van der Waals surface area (Å²) < 4.78 is 11.4. The van der Waals surface area contributed by atoms with Crippen LogP contribution in [-0.2, 0) is 10.5 Å². The van der Waals surface area contributed by atoms with E-state index in [-0.39, 0.29) is 0 Å². The first-order chi connectivity index (χ1) is 14.5. The number of aromatic hydroxyl groups is 1. The zero-order valence-corrected chi connectivity index (χ0v) is 18.9. The highest BCUT2D eigenvalue weighted by Crippen LogP contribution is 2.29. The molecule has 0 aliphatic carbocycles. The Balaban J connectivity index is 1.71. The first kappa shape index (κ1) is 22.6. The lowest BCUT2D eigenvalue weighted by Gasteiger charge is -2.24. The molecule has 1 fully saturated rings. The van der Waals surface area contributed by atoms with Gasteiger partial charge in [0.2, 0.25) is 0 Å². The van der Waals surface area contributed by atoms with Crippen molar-refractivity contribution in [3.8, 4) is 23.3 Å². The van der Waals surface area contributed by atoms with E-state index in [9.17, 15) is 5.11 Å². The molecule has 1 heterocycles. The number of thioether (sulfide) groups is 1. The van der Waals surface area contributed by atoms with E-state index in [2.05, 4.69) is 42.7 Å². The zero-order valence-electron chi connectivity index (χ0n) is 18.1. The molecule has 1 aliphatic rings. The number of hydrogen-bond donors (Lipinski definition) is 1. The number of aryl methyl sites for hydroxylation is 1. The van der Waals surface area contributed by atoms with Crippen molar-refractivity contribution in [2.45, 2.75) is 31.4 Å². The predicted molar refractivity (Wildman–Crippen MR) is 123 cm³/mol. The van der Waals surface area contributed by atoms with Crippen molar-refractivity contribution in [3.05, 3.63) is 53.1 Å². The Morgan fingerprint density at radius 2 is 1.97 bits per heavy atom. The Kier molecular flexibility index (Phi) is 8.50. The normalized spacial score (nSPS) is 14.4. The zero-order chi connectivity index (χ0) is 21.3. The van der Waals surface area contributed by atoms with E-state index >= 15 is 0 Å². The molecule has 3 rings (SSSR count). The number of phenolic OH excluding ortho intramolecular Hbond substituents is 1. The van der Waals surface area contributed by atoms with E-state index in [0.717, 1.165) is 60.4 Å². The second-order valence-electron chi connectivity index (χ2n) is 8.00.